The van der Waals surface area contributed by atoms with E-state index in [0.717, 1.165) is 39.3 Å². The van der Waals surface area contributed by atoms with E-state index in [1.54, 1.807) is 6.33 Å². The van der Waals surface area contributed by atoms with Gasteiger partial charge in [0.05, 0.1) is 11.4 Å². The normalized spacial score (nSPS) is 12.6. The summed E-state index contributed by atoms with van der Waals surface area (Å²) in [7, 11) is 0. The molecule has 0 atom stereocenters. The highest BCUT2D eigenvalue weighted by Gasteiger charge is 2.22. The zero-order valence-electron chi connectivity index (χ0n) is 13.1. The fraction of sp³-hybridized carbons (Fsp3) is 0.0500. The Hall–Kier alpha value is -3.27. The highest BCUT2D eigenvalue weighted by atomic mass is 15.2. The minimum Gasteiger partial charge on any atom is -0.247 e. The van der Waals surface area contributed by atoms with E-state index >= 15 is 0 Å². The first kappa shape index (κ1) is 13.2. The number of para-hydroxylation sites is 1. The second-order valence-electron chi connectivity index (χ2n) is 5.97. The molecule has 0 fully saturated rings. The number of benzene rings is 2. The Balaban J connectivity index is 1.91. The van der Waals surface area contributed by atoms with Crippen LogP contribution in [0.15, 0.2) is 72.1 Å². The molecule has 2 aromatic heterocycles. The van der Waals surface area contributed by atoms with E-state index in [1.165, 1.54) is 5.56 Å². The van der Waals surface area contributed by atoms with Crippen molar-refractivity contribution < 1.29 is 0 Å². The zero-order valence-corrected chi connectivity index (χ0v) is 13.1. The Labute approximate surface area is 139 Å². The van der Waals surface area contributed by atoms with Crippen molar-refractivity contribution in [1.29, 1.82) is 0 Å². The van der Waals surface area contributed by atoms with Gasteiger partial charge >= 0.3 is 0 Å². The summed E-state index contributed by atoms with van der Waals surface area (Å²) in [6, 6.07) is 18.7. The number of nitrogens with zero attached hydrogens (tertiary/aromatic N) is 4. The van der Waals surface area contributed by atoms with Crippen molar-refractivity contribution in [3.8, 4) is 11.3 Å². The summed E-state index contributed by atoms with van der Waals surface area (Å²) in [5.74, 6) is 0. The lowest BCUT2D eigenvalue weighted by molar-refractivity contribution is 0.906. The van der Waals surface area contributed by atoms with Gasteiger partial charge in [0.1, 0.15) is 17.5 Å². The molecular formula is C20H14N4. The van der Waals surface area contributed by atoms with Crippen LogP contribution in [0.4, 0.5) is 5.69 Å². The molecule has 2 aromatic carbocycles. The van der Waals surface area contributed by atoms with E-state index in [4.69, 9.17) is 4.99 Å². The first-order valence-electron chi connectivity index (χ1n) is 7.89. The number of aliphatic imine (C=N–C) groups is 1. The van der Waals surface area contributed by atoms with Crippen LogP contribution >= 0.6 is 0 Å². The van der Waals surface area contributed by atoms with Crippen LogP contribution in [-0.2, 0) is 0 Å². The van der Waals surface area contributed by atoms with E-state index in [2.05, 4.69) is 53.4 Å². The lowest BCUT2D eigenvalue weighted by Gasteiger charge is -2.05. The van der Waals surface area contributed by atoms with Crippen molar-refractivity contribution in [2.75, 3.05) is 0 Å². The quantitative estimate of drug-likeness (QED) is 0.466. The SMILES string of the molecule is Cc1ccc(C2=Nc3ccccc3-c3ncnn4ccc2c34)cc1. The second-order valence-corrected chi connectivity index (χ2v) is 5.97. The highest BCUT2D eigenvalue weighted by molar-refractivity contribution is 6.20. The Morgan fingerprint density at radius 1 is 0.875 bits per heavy atom. The first-order valence-corrected chi connectivity index (χ1v) is 7.89. The predicted molar refractivity (Wildman–Crippen MR) is 94.9 cm³/mol. The average molecular weight is 310 g/mol. The van der Waals surface area contributed by atoms with E-state index in [-0.39, 0.29) is 0 Å². The maximum Gasteiger partial charge on any atom is 0.137 e. The molecule has 0 saturated carbocycles. The Morgan fingerprint density at radius 3 is 2.58 bits per heavy atom. The number of hydrogen-bond acceptors (Lipinski definition) is 3. The van der Waals surface area contributed by atoms with Gasteiger partial charge in [-0.2, -0.15) is 5.10 Å². The van der Waals surface area contributed by atoms with E-state index in [1.807, 2.05) is 28.9 Å². The number of aromatic nitrogens is 3. The predicted octanol–water partition coefficient (Wildman–Crippen LogP) is 4.19. The van der Waals surface area contributed by atoms with E-state index in [9.17, 15) is 0 Å². The topological polar surface area (TPSA) is 42.5 Å². The van der Waals surface area contributed by atoms with Gasteiger partial charge in [-0.1, -0.05) is 48.0 Å². The van der Waals surface area contributed by atoms with Crippen molar-refractivity contribution in [2.24, 2.45) is 4.99 Å². The third-order valence-electron chi connectivity index (χ3n) is 4.43. The molecule has 1 aliphatic rings. The maximum atomic E-state index is 4.99. The molecule has 0 N–H and O–H groups in total. The third kappa shape index (κ3) is 1.83. The molecule has 1 aliphatic heterocycles. The van der Waals surface area contributed by atoms with Gasteiger partial charge in [0.15, 0.2) is 0 Å². The molecule has 0 radical (unpaired) electrons. The second kappa shape index (κ2) is 4.86. The van der Waals surface area contributed by atoms with Gasteiger partial charge in [0.2, 0.25) is 0 Å². The monoisotopic (exact) mass is 310 g/mol. The molecule has 4 nitrogen and oxygen atoms in total. The summed E-state index contributed by atoms with van der Waals surface area (Å²) >= 11 is 0. The standard InChI is InChI=1S/C20H14N4/c1-13-6-8-14(9-7-13)18-16-10-11-24-20(16)19(21-12-22-24)15-4-2-3-5-17(15)23-18/h2-12H,1H3. The van der Waals surface area contributed by atoms with Crippen LogP contribution < -0.4 is 0 Å². The molecule has 0 spiro atoms. The van der Waals surface area contributed by atoms with Gasteiger partial charge in [-0.3, -0.25) is 0 Å². The van der Waals surface area contributed by atoms with Gasteiger partial charge in [-0.05, 0) is 19.1 Å². The molecular weight excluding hydrogens is 296 g/mol. The van der Waals surface area contributed by atoms with Crippen LogP contribution in [0, 0.1) is 6.92 Å². The Morgan fingerprint density at radius 2 is 1.71 bits per heavy atom. The third-order valence-corrected chi connectivity index (χ3v) is 4.43. The van der Waals surface area contributed by atoms with Crippen LogP contribution in [0.5, 0.6) is 0 Å². The van der Waals surface area contributed by atoms with Crippen LogP contribution in [0.25, 0.3) is 16.8 Å². The first-order chi connectivity index (χ1) is 11.8. The van der Waals surface area contributed by atoms with Crippen molar-refractivity contribution >= 4 is 16.9 Å². The van der Waals surface area contributed by atoms with Crippen molar-refractivity contribution in [3.05, 3.63) is 83.8 Å². The molecule has 5 rings (SSSR count). The molecule has 4 aromatic rings. The van der Waals surface area contributed by atoms with Gasteiger partial charge in [0, 0.05) is 22.9 Å². The molecule has 24 heavy (non-hydrogen) atoms. The zero-order chi connectivity index (χ0) is 16.1. The van der Waals surface area contributed by atoms with Crippen LogP contribution in [-0.4, -0.2) is 20.3 Å². The highest BCUT2D eigenvalue weighted by Crippen LogP contribution is 2.37. The molecule has 4 heteroatoms. The van der Waals surface area contributed by atoms with Crippen LogP contribution in [0.3, 0.4) is 0 Å². The largest absolute Gasteiger partial charge is 0.247 e. The average Bonchev–Trinajstić information content (AvgIpc) is 2.98. The van der Waals surface area contributed by atoms with Gasteiger partial charge in [-0.25, -0.2) is 14.5 Å². The number of aryl methyl sites for hydroxylation is 1. The summed E-state index contributed by atoms with van der Waals surface area (Å²) in [5, 5.41) is 4.35. The van der Waals surface area contributed by atoms with Gasteiger partial charge in [0.25, 0.3) is 0 Å². The number of fused-ring (bicyclic) bond motifs is 2. The number of rotatable bonds is 1. The summed E-state index contributed by atoms with van der Waals surface area (Å²) in [5.41, 5.74) is 8.24. The van der Waals surface area contributed by atoms with Crippen LogP contribution in [0.1, 0.15) is 16.7 Å². The van der Waals surface area contributed by atoms with E-state index in [0.29, 0.717) is 0 Å². The Kier molecular flexibility index (Phi) is 2.67. The van der Waals surface area contributed by atoms with Crippen LogP contribution in [0.2, 0.25) is 0 Å². The van der Waals surface area contributed by atoms with Crippen molar-refractivity contribution in [3.63, 3.8) is 0 Å². The molecule has 0 saturated heterocycles. The van der Waals surface area contributed by atoms with Gasteiger partial charge < -0.3 is 0 Å². The fourth-order valence-electron chi connectivity index (χ4n) is 3.23. The minimum atomic E-state index is 0.923. The minimum absolute atomic E-state index is 0.923. The summed E-state index contributed by atoms with van der Waals surface area (Å²) in [6.45, 7) is 2.09. The maximum absolute atomic E-state index is 4.99. The smallest absolute Gasteiger partial charge is 0.137 e. The molecule has 0 aliphatic carbocycles. The molecule has 0 unspecified atom stereocenters. The van der Waals surface area contributed by atoms with E-state index < -0.39 is 0 Å². The molecule has 0 amide bonds. The van der Waals surface area contributed by atoms with Crippen molar-refractivity contribution in [2.45, 2.75) is 6.92 Å². The molecule has 3 heterocycles. The lowest BCUT2D eigenvalue weighted by atomic mass is 10.0. The summed E-state index contributed by atoms with van der Waals surface area (Å²) < 4.78 is 1.88. The molecule has 114 valence electrons. The summed E-state index contributed by atoms with van der Waals surface area (Å²) in [6.07, 6.45) is 3.56. The van der Waals surface area contributed by atoms with Gasteiger partial charge in [-0.15, -0.1) is 0 Å². The summed E-state index contributed by atoms with van der Waals surface area (Å²) in [4.78, 5) is 9.53. The molecule has 0 bridgehead atoms. The fourth-order valence-corrected chi connectivity index (χ4v) is 3.23. The van der Waals surface area contributed by atoms with Crippen molar-refractivity contribution in [1.82, 2.24) is 14.6 Å². The number of hydrogen-bond donors (Lipinski definition) is 0. The lowest BCUT2D eigenvalue weighted by Crippen LogP contribution is -2.03. The Bertz CT molecular complexity index is 1100.